The molecule has 10 heteroatoms. The summed E-state index contributed by atoms with van der Waals surface area (Å²) in [5, 5.41) is 9.88. The van der Waals surface area contributed by atoms with E-state index in [0.717, 1.165) is 0 Å². The van der Waals surface area contributed by atoms with Crippen LogP contribution in [-0.4, -0.2) is 78.7 Å². The van der Waals surface area contributed by atoms with Crippen molar-refractivity contribution in [3.8, 4) is 0 Å². The molecule has 3 heterocycles. The normalized spacial score (nSPS) is 28.5. The van der Waals surface area contributed by atoms with E-state index in [9.17, 15) is 23.9 Å². The first-order valence-corrected chi connectivity index (χ1v) is 14.3. The molecule has 2 amide bonds. The predicted octanol–water partition coefficient (Wildman–Crippen LogP) is 3.70. The molecule has 0 radical (unpaired) electrons. The summed E-state index contributed by atoms with van der Waals surface area (Å²) in [6.07, 6.45) is -0.734. The molecule has 2 saturated heterocycles. The third kappa shape index (κ3) is 4.47. The fraction of sp³-hybridized carbons (Fsp3) is 0.696. The minimum Gasteiger partial charge on any atom is -0.477 e. The maximum Gasteiger partial charge on any atom is 0.410 e. The van der Waals surface area contributed by atoms with Gasteiger partial charge in [0.2, 0.25) is 5.91 Å². The smallest absolute Gasteiger partial charge is 0.410 e. The molecule has 184 valence electrons. The second-order valence-electron chi connectivity index (χ2n) is 10.6. The highest BCUT2D eigenvalue weighted by atomic mass is 28.4. The average Bonchev–Trinajstić information content (AvgIpc) is 3.22. The fourth-order valence-electron chi connectivity index (χ4n) is 4.83. The van der Waals surface area contributed by atoms with E-state index in [0.29, 0.717) is 5.57 Å². The monoisotopic (exact) mass is 482 g/mol. The van der Waals surface area contributed by atoms with Crippen LogP contribution in [0.25, 0.3) is 0 Å². The number of likely N-dealkylation sites (tertiary alicyclic amines) is 1. The summed E-state index contributed by atoms with van der Waals surface area (Å²) in [6.45, 7) is 15.7. The first-order valence-electron chi connectivity index (χ1n) is 11.4. The van der Waals surface area contributed by atoms with E-state index in [2.05, 4.69) is 40.4 Å². The highest BCUT2D eigenvalue weighted by Gasteiger charge is 2.59. The second-order valence-corrected chi connectivity index (χ2v) is 15.4. The molecular formula is C23H35FN2O6Si. The number of rotatable bonds is 7. The van der Waals surface area contributed by atoms with Crippen molar-refractivity contribution in [3.63, 3.8) is 0 Å². The van der Waals surface area contributed by atoms with Crippen molar-refractivity contribution < 1.29 is 33.0 Å². The van der Waals surface area contributed by atoms with E-state index in [1.165, 1.54) is 15.9 Å². The molecule has 8 nitrogen and oxygen atoms in total. The van der Waals surface area contributed by atoms with E-state index < -0.39 is 38.5 Å². The maximum atomic E-state index is 14.3. The van der Waals surface area contributed by atoms with Gasteiger partial charge in [-0.3, -0.25) is 9.69 Å². The maximum absolute atomic E-state index is 14.3. The molecule has 0 aromatic rings. The van der Waals surface area contributed by atoms with Gasteiger partial charge in [0.25, 0.3) is 0 Å². The zero-order chi connectivity index (χ0) is 24.9. The number of carboxylic acid groups (broad SMARTS) is 1. The molecule has 0 saturated carbocycles. The Balaban J connectivity index is 1.85. The van der Waals surface area contributed by atoms with Crippen LogP contribution in [0.1, 0.15) is 40.5 Å². The molecule has 2 fully saturated rings. The van der Waals surface area contributed by atoms with Crippen LogP contribution in [0.3, 0.4) is 0 Å². The molecule has 1 N–H and O–H groups in total. The molecule has 0 aliphatic carbocycles. The number of fused-ring (bicyclic) bond motifs is 1. The third-order valence-corrected chi connectivity index (χ3v) is 12.0. The van der Waals surface area contributed by atoms with Crippen molar-refractivity contribution in [3.05, 3.63) is 23.9 Å². The van der Waals surface area contributed by atoms with Gasteiger partial charge in [0.05, 0.1) is 30.7 Å². The summed E-state index contributed by atoms with van der Waals surface area (Å²) < 4.78 is 25.9. The summed E-state index contributed by atoms with van der Waals surface area (Å²) in [7, 11) is -2.14. The number of alkyl halides is 1. The van der Waals surface area contributed by atoms with Crippen molar-refractivity contribution in [2.45, 2.75) is 83.0 Å². The van der Waals surface area contributed by atoms with Crippen LogP contribution in [-0.2, 0) is 18.8 Å². The van der Waals surface area contributed by atoms with Crippen LogP contribution in [0.2, 0.25) is 18.1 Å². The average molecular weight is 483 g/mol. The minimum absolute atomic E-state index is 0.0231. The molecule has 3 aliphatic rings. The number of carbonyl (C=O) groups is 3. The molecule has 33 heavy (non-hydrogen) atoms. The van der Waals surface area contributed by atoms with Crippen LogP contribution >= 0.6 is 0 Å². The minimum atomic E-state index is -2.14. The Bertz CT molecular complexity index is 883. The number of halogens is 1. The van der Waals surface area contributed by atoms with Gasteiger partial charge in [0.15, 0.2) is 8.32 Å². The van der Waals surface area contributed by atoms with Gasteiger partial charge in [-0.15, -0.1) is 0 Å². The van der Waals surface area contributed by atoms with E-state index in [-0.39, 0.29) is 54.8 Å². The molecule has 0 bridgehead atoms. The van der Waals surface area contributed by atoms with Crippen LogP contribution in [0.4, 0.5) is 9.18 Å². The van der Waals surface area contributed by atoms with Crippen molar-refractivity contribution in [2.75, 3.05) is 13.2 Å². The van der Waals surface area contributed by atoms with Gasteiger partial charge in [-0.1, -0.05) is 33.4 Å². The lowest BCUT2D eigenvalue weighted by atomic mass is 9.82. The Morgan fingerprint density at radius 1 is 1.36 bits per heavy atom. The lowest BCUT2D eigenvalue weighted by Gasteiger charge is -2.48. The van der Waals surface area contributed by atoms with E-state index in [4.69, 9.17) is 9.16 Å². The molecule has 1 unspecified atom stereocenters. The number of nitrogens with zero attached hydrogens (tertiary/aromatic N) is 2. The number of ether oxygens (including phenoxy) is 1. The van der Waals surface area contributed by atoms with Gasteiger partial charge in [0, 0.05) is 6.42 Å². The van der Waals surface area contributed by atoms with Crippen LogP contribution in [0.15, 0.2) is 23.9 Å². The van der Waals surface area contributed by atoms with E-state index in [1.54, 1.807) is 0 Å². The predicted molar refractivity (Wildman–Crippen MR) is 123 cm³/mol. The highest BCUT2D eigenvalue weighted by Crippen LogP contribution is 2.48. The Labute approximate surface area is 195 Å². The number of hydrogen-bond donors (Lipinski definition) is 1. The number of amides is 2. The third-order valence-electron chi connectivity index (χ3n) is 7.45. The number of aliphatic carboxylic acids is 1. The summed E-state index contributed by atoms with van der Waals surface area (Å²) in [5.74, 6) is -2.03. The summed E-state index contributed by atoms with van der Waals surface area (Å²) >= 11 is 0. The van der Waals surface area contributed by atoms with Gasteiger partial charge in [-0.05, 0) is 37.0 Å². The van der Waals surface area contributed by atoms with Crippen molar-refractivity contribution in [2.24, 2.45) is 5.92 Å². The lowest BCUT2D eigenvalue weighted by molar-refractivity contribution is -0.160. The topological polar surface area (TPSA) is 96.4 Å². The van der Waals surface area contributed by atoms with E-state index in [1.807, 2.05) is 6.92 Å². The highest BCUT2D eigenvalue weighted by molar-refractivity contribution is 6.74. The first kappa shape index (κ1) is 25.4. The summed E-state index contributed by atoms with van der Waals surface area (Å²) in [5.41, 5.74) is 0.264. The Hall–Kier alpha value is -2.20. The zero-order valence-electron chi connectivity index (χ0n) is 20.3. The van der Waals surface area contributed by atoms with Gasteiger partial charge >= 0.3 is 12.1 Å². The number of β-lactam (4-membered cyclic amide) rings is 1. The zero-order valence-corrected chi connectivity index (χ0v) is 21.3. The largest absolute Gasteiger partial charge is 0.477 e. The number of hydrogen-bond acceptors (Lipinski definition) is 5. The summed E-state index contributed by atoms with van der Waals surface area (Å²) in [6, 6.07) is -1.14. The van der Waals surface area contributed by atoms with Crippen LogP contribution in [0, 0.1) is 5.92 Å². The molecular weight excluding hydrogens is 447 g/mol. The standard InChI is InChI=1S/C23H35FN2O6Si/c1-8-9-31-22(30)25-12-14(24)10-16(25)15-11-17-18(20(27)26(17)19(15)21(28)29)13(2)32-33(6,7)23(3,4)5/h8,13-14,16-18H,1,9-12H2,2-7H3,(H,28,29)/t13-,14?,16+,17-,18-/m1/s1. The van der Waals surface area contributed by atoms with Crippen molar-refractivity contribution in [1.82, 2.24) is 9.80 Å². The quantitative estimate of drug-likeness (QED) is 0.338. The lowest BCUT2D eigenvalue weighted by Crippen LogP contribution is -2.63. The number of carboxylic acids is 1. The van der Waals surface area contributed by atoms with E-state index >= 15 is 0 Å². The fourth-order valence-corrected chi connectivity index (χ4v) is 6.26. The van der Waals surface area contributed by atoms with Crippen molar-refractivity contribution in [1.29, 1.82) is 0 Å². The Morgan fingerprint density at radius 3 is 2.55 bits per heavy atom. The van der Waals surface area contributed by atoms with Gasteiger partial charge in [0.1, 0.15) is 18.5 Å². The number of carbonyl (C=O) groups excluding carboxylic acids is 2. The SMILES string of the molecule is C=CCOC(=O)N1CC(F)C[C@H]1C1=C(C(=O)O)N2C(=O)[C@H]([C@@H](C)O[Si](C)(C)C(C)(C)C)[C@H]2C1. The van der Waals surface area contributed by atoms with Crippen LogP contribution in [0.5, 0.6) is 0 Å². The Morgan fingerprint density at radius 2 is 2.00 bits per heavy atom. The Kier molecular flexibility index (Phi) is 6.83. The van der Waals surface area contributed by atoms with Gasteiger partial charge in [-0.25, -0.2) is 14.0 Å². The van der Waals surface area contributed by atoms with Gasteiger partial charge in [-0.2, -0.15) is 0 Å². The molecule has 0 spiro atoms. The molecule has 3 rings (SSSR count). The van der Waals surface area contributed by atoms with Crippen LogP contribution < -0.4 is 0 Å². The van der Waals surface area contributed by atoms with Crippen molar-refractivity contribution >= 4 is 26.3 Å². The first-order chi connectivity index (χ1) is 15.2. The second kappa shape index (κ2) is 8.86. The molecule has 3 aliphatic heterocycles. The summed E-state index contributed by atoms with van der Waals surface area (Å²) in [4.78, 5) is 40.3. The van der Waals surface area contributed by atoms with Gasteiger partial charge < -0.3 is 19.2 Å². The molecule has 5 atom stereocenters. The molecule has 0 aromatic heterocycles. The molecule has 0 aromatic carbocycles.